The summed E-state index contributed by atoms with van der Waals surface area (Å²) in [6, 6.07) is 16.0. The molecule has 0 saturated carbocycles. The lowest BCUT2D eigenvalue weighted by Gasteiger charge is -2.12. The highest BCUT2D eigenvalue weighted by atomic mass is 32.2. The number of hydrogen-bond acceptors (Lipinski definition) is 7. The summed E-state index contributed by atoms with van der Waals surface area (Å²) in [6.45, 7) is 4.18. The number of benzene rings is 2. The minimum absolute atomic E-state index is 0.0689. The SMILES string of the molecule is CCCCc1noc(C(C)Sc2nnc(COc3ccccc3F)n2-c2ccccc2)n1. The topological polar surface area (TPSA) is 78.9 Å². The molecule has 0 radical (unpaired) electrons. The summed E-state index contributed by atoms with van der Waals surface area (Å²) >= 11 is 1.46. The van der Waals surface area contributed by atoms with E-state index in [0.29, 0.717) is 16.9 Å². The highest BCUT2D eigenvalue weighted by molar-refractivity contribution is 7.99. The van der Waals surface area contributed by atoms with Crippen LogP contribution in [0.25, 0.3) is 5.69 Å². The molecule has 0 fully saturated rings. The van der Waals surface area contributed by atoms with Gasteiger partial charge in [-0.15, -0.1) is 10.2 Å². The van der Waals surface area contributed by atoms with Crippen molar-refractivity contribution in [2.75, 3.05) is 0 Å². The fourth-order valence-corrected chi connectivity index (χ4v) is 4.01. The molecule has 0 bridgehead atoms. The molecule has 1 atom stereocenters. The smallest absolute Gasteiger partial charge is 0.239 e. The summed E-state index contributed by atoms with van der Waals surface area (Å²) in [5.74, 6) is 1.58. The Morgan fingerprint density at radius 2 is 1.88 bits per heavy atom. The Kier molecular flexibility index (Phi) is 7.16. The standard InChI is InChI=1S/C23H24FN5O2S/c1-3-4-14-20-25-22(31-28-20)16(2)32-23-27-26-21(29(23)17-10-6-5-7-11-17)15-30-19-13-9-8-12-18(19)24/h5-13,16H,3-4,14-15H2,1-2H3. The molecular formula is C23H24FN5O2S. The second-order valence-electron chi connectivity index (χ2n) is 7.20. The number of halogens is 1. The molecule has 166 valence electrons. The maximum absolute atomic E-state index is 14.0. The fraction of sp³-hybridized carbons (Fsp3) is 0.304. The summed E-state index contributed by atoms with van der Waals surface area (Å²) in [6.07, 6.45) is 2.90. The second kappa shape index (κ2) is 10.4. The summed E-state index contributed by atoms with van der Waals surface area (Å²) in [4.78, 5) is 4.52. The Bertz CT molecular complexity index is 1150. The van der Waals surface area contributed by atoms with Crippen LogP contribution in [0, 0.1) is 5.82 Å². The molecule has 4 aromatic rings. The molecule has 2 aromatic carbocycles. The maximum Gasteiger partial charge on any atom is 0.239 e. The molecule has 0 aliphatic carbocycles. The first-order valence-electron chi connectivity index (χ1n) is 10.5. The van der Waals surface area contributed by atoms with E-state index < -0.39 is 5.82 Å². The largest absolute Gasteiger partial charge is 0.483 e. The molecule has 4 rings (SSSR count). The van der Waals surface area contributed by atoms with E-state index in [-0.39, 0.29) is 17.6 Å². The van der Waals surface area contributed by atoms with Gasteiger partial charge in [0.15, 0.2) is 28.4 Å². The maximum atomic E-state index is 14.0. The molecule has 2 heterocycles. The number of aromatic nitrogens is 5. The van der Waals surface area contributed by atoms with Crippen LogP contribution in [0.1, 0.15) is 49.5 Å². The summed E-state index contributed by atoms with van der Waals surface area (Å²) in [5, 5.41) is 13.3. The number of ether oxygens (including phenoxy) is 1. The minimum Gasteiger partial charge on any atom is -0.483 e. The normalized spacial score (nSPS) is 12.1. The molecule has 0 aliphatic rings. The molecule has 9 heteroatoms. The van der Waals surface area contributed by atoms with Crippen molar-refractivity contribution in [1.29, 1.82) is 0 Å². The average molecular weight is 454 g/mol. The van der Waals surface area contributed by atoms with Gasteiger partial charge in [0, 0.05) is 12.1 Å². The Hall–Kier alpha value is -3.20. The number of thioether (sulfide) groups is 1. The van der Waals surface area contributed by atoms with Gasteiger partial charge in [-0.3, -0.25) is 4.57 Å². The Balaban J connectivity index is 1.56. The zero-order valence-corrected chi connectivity index (χ0v) is 18.8. The number of rotatable bonds is 10. The van der Waals surface area contributed by atoms with Gasteiger partial charge in [-0.05, 0) is 37.6 Å². The van der Waals surface area contributed by atoms with Crippen molar-refractivity contribution in [2.24, 2.45) is 0 Å². The van der Waals surface area contributed by atoms with Gasteiger partial charge in [0.25, 0.3) is 0 Å². The molecule has 1 unspecified atom stereocenters. The van der Waals surface area contributed by atoms with Crippen LogP contribution in [-0.4, -0.2) is 24.9 Å². The summed E-state index contributed by atoms with van der Waals surface area (Å²) < 4.78 is 27.0. The van der Waals surface area contributed by atoms with E-state index in [1.807, 2.05) is 41.8 Å². The lowest BCUT2D eigenvalue weighted by molar-refractivity contribution is 0.278. The van der Waals surface area contributed by atoms with Crippen LogP contribution in [-0.2, 0) is 13.0 Å². The van der Waals surface area contributed by atoms with Gasteiger partial charge < -0.3 is 9.26 Å². The van der Waals surface area contributed by atoms with Gasteiger partial charge in [-0.1, -0.05) is 60.6 Å². The zero-order chi connectivity index (χ0) is 22.3. The van der Waals surface area contributed by atoms with Gasteiger partial charge in [0.1, 0.15) is 6.61 Å². The van der Waals surface area contributed by atoms with Crippen LogP contribution in [0.3, 0.4) is 0 Å². The van der Waals surface area contributed by atoms with Gasteiger partial charge in [0.05, 0.1) is 5.25 Å². The van der Waals surface area contributed by atoms with Crippen LogP contribution < -0.4 is 4.74 Å². The highest BCUT2D eigenvalue weighted by Crippen LogP contribution is 2.34. The quantitative estimate of drug-likeness (QED) is 0.291. The third-order valence-corrected chi connectivity index (χ3v) is 5.81. The van der Waals surface area contributed by atoms with Gasteiger partial charge in [0.2, 0.25) is 5.89 Å². The highest BCUT2D eigenvalue weighted by Gasteiger charge is 2.22. The van der Waals surface area contributed by atoms with Crippen molar-refractivity contribution in [1.82, 2.24) is 24.9 Å². The first-order valence-corrected chi connectivity index (χ1v) is 11.4. The first kappa shape index (κ1) is 22.0. The molecule has 0 amide bonds. The molecule has 7 nitrogen and oxygen atoms in total. The average Bonchev–Trinajstić information content (AvgIpc) is 3.45. The fourth-order valence-electron chi connectivity index (χ4n) is 3.09. The number of unbranched alkanes of at least 4 members (excludes halogenated alkanes) is 1. The van der Waals surface area contributed by atoms with Crippen molar-refractivity contribution in [2.45, 2.75) is 50.1 Å². The van der Waals surface area contributed by atoms with Crippen molar-refractivity contribution in [3.8, 4) is 11.4 Å². The van der Waals surface area contributed by atoms with E-state index in [1.54, 1.807) is 18.2 Å². The Morgan fingerprint density at radius 1 is 1.09 bits per heavy atom. The zero-order valence-electron chi connectivity index (χ0n) is 17.9. The van der Waals surface area contributed by atoms with E-state index in [2.05, 4.69) is 27.3 Å². The third-order valence-electron chi connectivity index (χ3n) is 4.78. The van der Waals surface area contributed by atoms with Crippen molar-refractivity contribution in [3.05, 3.63) is 78.0 Å². The second-order valence-corrected chi connectivity index (χ2v) is 8.51. The van der Waals surface area contributed by atoms with Crippen molar-refractivity contribution in [3.63, 3.8) is 0 Å². The minimum atomic E-state index is -0.420. The van der Waals surface area contributed by atoms with Gasteiger partial charge >= 0.3 is 0 Å². The molecule has 2 aromatic heterocycles. The number of nitrogens with zero attached hydrogens (tertiary/aromatic N) is 5. The van der Waals surface area contributed by atoms with Crippen LogP contribution in [0.2, 0.25) is 0 Å². The predicted molar refractivity (Wildman–Crippen MR) is 119 cm³/mol. The molecule has 0 N–H and O–H groups in total. The van der Waals surface area contributed by atoms with E-state index in [0.717, 1.165) is 30.8 Å². The lowest BCUT2D eigenvalue weighted by Crippen LogP contribution is -2.07. The van der Waals surface area contributed by atoms with Crippen LogP contribution in [0.15, 0.2) is 64.3 Å². The van der Waals surface area contributed by atoms with E-state index in [1.165, 1.54) is 17.8 Å². The van der Waals surface area contributed by atoms with Gasteiger partial charge in [-0.25, -0.2) is 4.39 Å². The third kappa shape index (κ3) is 5.16. The van der Waals surface area contributed by atoms with E-state index in [4.69, 9.17) is 9.26 Å². The Labute approximate surface area is 190 Å². The number of aryl methyl sites for hydroxylation is 1. The first-order chi connectivity index (χ1) is 15.7. The number of hydrogen-bond donors (Lipinski definition) is 0. The molecule has 32 heavy (non-hydrogen) atoms. The van der Waals surface area contributed by atoms with Crippen LogP contribution in [0.4, 0.5) is 4.39 Å². The predicted octanol–water partition coefficient (Wildman–Crippen LogP) is 5.56. The monoisotopic (exact) mass is 453 g/mol. The lowest BCUT2D eigenvalue weighted by atomic mass is 10.2. The molecule has 0 spiro atoms. The summed E-state index contributed by atoms with van der Waals surface area (Å²) in [5.41, 5.74) is 0.883. The van der Waals surface area contributed by atoms with E-state index in [9.17, 15) is 4.39 Å². The van der Waals surface area contributed by atoms with Crippen LogP contribution >= 0.6 is 11.8 Å². The van der Waals surface area contributed by atoms with Crippen molar-refractivity contribution >= 4 is 11.8 Å². The summed E-state index contributed by atoms with van der Waals surface area (Å²) in [7, 11) is 0. The van der Waals surface area contributed by atoms with Crippen LogP contribution in [0.5, 0.6) is 5.75 Å². The molecule has 0 saturated heterocycles. The Morgan fingerprint density at radius 3 is 2.66 bits per heavy atom. The number of para-hydroxylation sites is 2. The van der Waals surface area contributed by atoms with E-state index >= 15 is 0 Å². The molecule has 0 aliphatic heterocycles. The molecular weight excluding hydrogens is 429 g/mol. The van der Waals surface area contributed by atoms with Gasteiger partial charge in [-0.2, -0.15) is 4.98 Å². The van der Waals surface area contributed by atoms with Crippen molar-refractivity contribution < 1.29 is 13.7 Å².